The summed E-state index contributed by atoms with van der Waals surface area (Å²) in [5.41, 5.74) is 1.03. The number of hydrogen-bond acceptors (Lipinski definition) is 6. The summed E-state index contributed by atoms with van der Waals surface area (Å²) >= 11 is 0. The first-order valence-corrected chi connectivity index (χ1v) is 7.67. The summed E-state index contributed by atoms with van der Waals surface area (Å²) in [6.07, 6.45) is 0. The maximum Gasteiger partial charge on any atom is 0.321 e. The van der Waals surface area contributed by atoms with Crippen molar-refractivity contribution in [3.8, 4) is 5.75 Å². The molecule has 2 aromatic rings. The van der Waals surface area contributed by atoms with Gasteiger partial charge in [0.25, 0.3) is 5.69 Å². The van der Waals surface area contributed by atoms with Crippen molar-refractivity contribution in [1.29, 1.82) is 0 Å². The molecule has 0 fully saturated rings. The Balaban J connectivity index is 1.85. The average Bonchev–Trinajstić information content (AvgIpc) is 2.65. The highest BCUT2D eigenvalue weighted by Crippen LogP contribution is 2.28. The molecule has 2 aromatic carbocycles. The van der Waals surface area contributed by atoms with Gasteiger partial charge in [-0.25, -0.2) is 4.79 Å². The largest absolute Gasteiger partial charge is 0.495 e. The predicted molar refractivity (Wildman–Crippen MR) is 95.0 cm³/mol. The van der Waals surface area contributed by atoms with Gasteiger partial charge in [-0.2, -0.15) is 0 Å². The maximum atomic E-state index is 11.8. The van der Waals surface area contributed by atoms with E-state index in [2.05, 4.69) is 16.0 Å². The number of nitrogens with one attached hydrogen (secondary N) is 3. The first kappa shape index (κ1) is 18.7. The number of anilines is 1. The minimum absolute atomic E-state index is 0.144. The molecule has 0 spiro atoms. The Morgan fingerprint density at radius 1 is 1.15 bits per heavy atom. The molecule has 0 saturated heterocycles. The SMILES string of the molecule is COc1ccc([N+](=O)[O-])cc1NCC(=O)NC(=O)NCc1ccccc1. The van der Waals surface area contributed by atoms with Crippen LogP contribution in [0.3, 0.4) is 0 Å². The molecule has 0 atom stereocenters. The van der Waals surface area contributed by atoms with Crippen molar-refractivity contribution in [2.24, 2.45) is 0 Å². The molecule has 0 aliphatic carbocycles. The van der Waals surface area contributed by atoms with Crippen molar-refractivity contribution in [1.82, 2.24) is 10.6 Å². The lowest BCUT2D eigenvalue weighted by Gasteiger charge is -2.11. The summed E-state index contributed by atoms with van der Waals surface area (Å²) in [6, 6.07) is 12.6. The summed E-state index contributed by atoms with van der Waals surface area (Å²) in [7, 11) is 1.41. The normalized spacial score (nSPS) is 9.88. The molecular formula is C17H18N4O5. The van der Waals surface area contributed by atoms with Crippen LogP contribution < -0.4 is 20.7 Å². The number of methoxy groups -OCH3 is 1. The van der Waals surface area contributed by atoms with Gasteiger partial charge in [-0.05, 0) is 11.6 Å². The van der Waals surface area contributed by atoms with Crippen LogP contribution in [0.4, 0.5) is 16.2 Å². The Morgan fingerprint density at radius 3 is 2.54 bits per heavy atom. The van der Waals surface area contributed by atoms with Crippen LogP contribution in [0.25, 0.3) is 0 Å². The summed E-state index contributed by atoms with van der Waals surface area (Å²) in [5.74, 6) is -0.249. The molecule has 0 aromatic heterocycles. The topological polar surface area (TPSA) is 123 Å². The van der Waals surface area contributed by atoms with E-state index in [4.69, 9.17) is 4.74 Å². The van der Waals surface area contributed by atoms with E-state index >= 15 is 0 Å². The van der Waals surface area contributed by atoms with Crippen molar-refractivity contribution >= 4 is 23.3 Å². The van der Waals surface area contributed by atoms with Gasteiger partial charge in [0.2, 0.25) is 5.91 Å². The Hall–Kier alpha value is -3.62. The van der Waals surface area contributed by atoms with Crippen molar-refractivity contribution in [2.75, 3.05) is 19.0 Å². The molecule has 3 amide bonds. The van der Waals surface area contributed by atoms with Crippen LogP contribution in [0, 0.1) is 10.1 Å². The molecule has 9 heteroatoms. The second-order valence-corrected chi connectivity index (χ2v) is 5.21. The molecule has 2 rings (SSSR count). The summed E-state index contributed by atoms with van der Waals surface area (Å²) in [4.78, 5) is 33.8. The number of amides is 3. The highest BCUT2D eigenvalue weighted by atomic mass is 16.6. The zero-order chi connectivity index (χ0) is 18.9. The van der Waals surface area contributed by atoms with E-state index in [-0.39, 0.29) is 24.5 Å². The van der Waals surface area contributed by atoms with Crippen LogP contribution in [0.5, 0.6) is 5.75 Å². The number of benzene rings is 2. The van der Waals surface area contributed by atoms with Gasteiger partial charge >= 0.3 is 6.03 Å². The third-order valence-corrected chi connectivity index (χ3v) is 3.38. The van der Waals surface area contributed by atoms with Crippen molar-refractivity contribution < 1.29 is 19.2 Å². The molecule has 0 aliphatic rings. The highest BCUT2D eigenvalue weighted by molar-refractivity contribution is 5.96. The van der Waals surface area contributed by atoms with Crippen LogP contribution in [0.2, 0.25) is 0 Å². The number of hydrogen-bond donors (Lipinski definition) is 3. The van der Waals surface area contributed by atoms with E-state index in [1.54, 1.807) is 0 Å². The number of rotatable bonds is 7. The predicted octanol–water partition coefficient (Wildman–Crippen LogP) is 2.04. The monoisotopic (exact) mass is 358 g/mol. The molecule has 3 N–H and O–H groups in total. The van der Waals surface area contributed by atoms with E-state index < -0.39 is 16.9 Å². The van der Waals surface area contributed by atoms with Gasteiger partial charge in [-0.3, -0.25) is 20.2 Å². The van der Waals surface area contributed by atoms with Crippen LogP contribution in [-0.4, -0.2) is 30.5 Å². The quantitative estimate of drug-likeness (QED) is 0.514. The fourth-order valence-corrected chi connectivity index (χ4v) is 2.12. The molecule has 0 heterocycles. The number of nitro groups is 1. The van der Waals surface area contributed by atoms with Crippen molar-refractivity contribution in [3.63, 3.8) is 0 Å². The molecule has 26 heavy (non-hydrogen) atoms. The van der Waals surface area contributed by atoms with E-state index in [0.717, 1.165) is 5.56 Å². The fraction of sp³-hybridized carbons (Fsp3) is 0.176. The Labute approximate surface area is 149 Å². The molecule has 136 valence electrons. The number of nitrogens with zero attached hydrogens (tertiary/aromatic N) is 1. The number of non-ortho nitro benzene ring substituents is 1. The zero-order valence-electron chi connectivity index (χ0n) is 14.0. The Kier molecular flexibility index (Phi) is 6.49. The lowest BCUT2D eigenvalue weighted by atomic mass is 10.2. The second kappa shape index (κ2) is 9.02. The summed E-state index contributed by atoms with van der Waals surface area (Å²) in [6.45, 7) is 0.0301. The minimum atomic E-state index is -0.633. The van der Waals surface area contributed by atoms with E-state index in [9.17, 15) is 19.7 Å². The number of carbonyl (C=O) groups is 2. The van der Waals surface area contributed by atoms with Crippen LogP contribution in [0.15, 0.2) is 48.5 Å². The van der Waals surface area contributed by atoms with E-state index in [1.165, 1.54) is 25.3 Å². The van der Waals surface area contributed by atoms with Crippen LogP contribution in [-0.2, 0) is 11.3 Å². The lowest BCUT2D eigenvalue weighted by Crippen LogP contribution is -2.41. The number of carbonyl (C=O) groups excluding carboxylic acids is 2. The summed E-state index contributed by atoms with van der Waals surface area (Å²) in [5, 5.41) is 18.3. The third kappa shape index (κ3) is 5.48. The van der Waals surface area contributed by atoms with E-state index in [0.29, 0.717) is 5.75 Å². The molecule has 9 nitrogen and oxygen atoms in total. The average molecular weight is 358 g/mol. The molecular weight excluding hydrogens is 340 g/mol. The van der Waals surface area contributed by atoms with Crippen molar-refractivity contribution in [2.45, 2.75) is 6.54 Å². The van der Waals surface area contributed by atoms with Gasteiger partial charge in [-0.15, -0.1) is 0 Å². The second-order valence-electron chi connectivity index (χ2n) is 5.21. The zero-order valence-corrected chi connectivity index (χ0v) is 14.0. The van der Waals surface area contributed by atoms with Gasteiger partial charge in [0.1, 0.15) is 5.75 Å². The fourth-order valence-electron chi connectivity index (χ4n) is 2.12. The number of ether oxygens (including phenoxy) is 1. The van der Waals surface area contributed by atoms with Gasteiger partial charge in [0.15, 0.2) is 0 Å². The Morgan fingerprint density at radius 2 is 1.88 bits per heavy atom. The minimum Gasteiger partial charge on any atom is -0.495 e. The standard InChI is InChI=1S/C17H18N4O5/c1-26-15-8-7-13(21(24)25)9-14(15)18-11-16(22)20-17(23)19-10-12-5-3-2-4-6-12/h2-9,18H,10-11H2,1H3,(H2,19,20,22,23). The molecule has 0 aliphatic heterocycles. The highest BCUT2D eigenvalue weighted by Gasteiger charge is 2.13. The van der Waals surface area contributed by atoms with Crippen LogP contribution in [0.1, 0.15) is 5.56 Å². The van der Waals surface area contributed by atoms with Crippen LogP contribution >= 0.6 is 0 Å². The molecule has 0 bridgehead atoms. The van der Waals surface area contributed by atoms with Crippen molar-refractivity contribution in [3.05, 3.63) is 64.2 Å². The molecule has 0 radical (unpaired) electrons. The van der Waals surface area contributed by atoms with Gasteiger partial charge in [-0.1, -0.05) is 30.3 Å². The first-order chi connectivity index (χ1) is 12.5. The number of nitro benzene ring substituents is 1. The first-order valence-electron chi connectivity index (χ1n) is 7.67. The smallest absolute Gasteiger partial charge is 0.321 e. The third-order valence-electron chi connectivity index (χ3n) is 3.38. The Bertz CT molecular complexity index is 795. The molecule has 0 unspecified atom stereocenters. The molecule has 0 saturated carbocycles. The number of imide groups is 1. The van der Waals surface area contributed by atoms with E-state index in [1.807, 2.05) is 30.3 Å². The number of urea groups is 1. The van der Waals surface area contributed by atoms with Gasteiger partial charge < -0.3 is 15.4 Å². The van der Waals surface area contributed by atoms with Gasteiger partial charge in [0.05, 0.1) is 24.3 Å². The summed E-state index contributed by atoms with van der Waals surface area (Å²) < 4.78 is 5.08. The van der Waals surface area contributed by atoms with Gasteiger partial charge in [0, 0.05) is 18.7 Å². The lowest BCUT2D eigenvalue weighted by molar-refractivity contribution is -0.384. The maximum absolute atomic E-state index is 11.8.